The highest BCUT2D eigenvalue weighted by atomic mass is 32.2. The van der Waals surface area contributed by atoms with Crippen LogP contribution in [0.25, 0.3) is 0 Å². The number of rotatable bonds is 15. The van der Waals surface area contributed by atoms with Crippen molar-refractivity contribution in [2.75, 3.05) is 46.4 Å². The molecule has 0 bridgehead atoms. The molecule has 2 amide bonds. The smallest absolute Gasteiger partial charge is 0.303 e. The molecule has 0 aliphatic carbocycles. The number of methoxy groups -OCH3 is 2. The first kappa shape index (κ1) is 34.0. The van der Waals surface area contributed by atoms with E-state index in [1.807, 2.05) is 42.0 Å². The molecule has 0 fully saturated rings. The van der Waals surface area contributed by atoms with Crippen LogP contribution in [0.2, 0.25) is 0 Å². The van der Waals surface area contributed by atoms with E-state index in [4.69, 9.17) is 9.47 Å². The first-order chi connectivity index (χ1) is 20.2. The number of thiazole rings is 1. The molecule has 0 radical (unpaired) electrons. The highest BCUT2D eigenvalue weighted by molar-refractivity contribution is 7.90. The van der Waals surface area contributed by atoms with Gasteiger partial charge in [0.25, 0.3) is 11.8 Å². The summed E-state index contributed by atoms with van der Waals surface area (Å²) in [5, 5.41) is 1.83. The molecule has 43 heavy (non-hydrogen) atoms. The van der Waals surface area contributed by atoms with E-state index in [0.29, 0.717) is 35.0 Å². The van der Waals surface area contributed by atoms with Crippen molar-refractivity contribution in [1.29, 1.82) is 0 Å². The number of aryl methyl sites for hydroxylation is 1. The number of nitrogens with zero attached hydrogens (tertiary/aromatic N) is 3. The Balaban J connectivity index is 1.79. The summed E-state index contributed by atoms with van der Waals surface area (Å²) in [7, 11) is -3.51. The van der Waals surface area contributed by atoms with Crippen LogP contribution in [-0.4, -0.2) is 89.2 Å². The van der Waals surface area contributed by atoms with Crippen LogP contribution < -0.4 is 14.2 Å². The van der Waals surface area contributed by atoms with Gasteiger partial charge in [-0.25, -0.2) is 18.1 Å². The molecule has 0 spiro atoms. The van der Waals surface area contributed by atoms with Crippen LogP contribution in [0.5, 0.6) is 11.5 Å². The fraction of sp³-hybridized carbons (Fsp3) is 0.393. The van der Waals surface area contributed by atoms with Crippen LogP contribution in [0, 0.1) is 6.92 Å². The molecule has 3 aromatic rings. The Hall–Kier alpha value is -3.53. The van der Waals surface area contributed by atoms with Crippen LogP contribution in [0.3, 0.4) is 0 Å². The standard InChI is InChI=1S/C28H36N4O8S3/c1-20-24(39-3)16-22(17-25(20)40-4)28(34)32(13-9-12-21-10-7-6-8-11-21)18-26-29-23(19-41-26)27(33)30-43(37,38)31(2)14-15-42(5,35)36/h6-8,10-11,16-17,19H,9,12-15,18H2,1-5H3,(H,30,33). The molecule has 234 valence electrons. The summed E-state index contributed by atoms with van der Waals surface area (Å²) >= 11 is 1.11. The summed E-state index contributed by atoms with van der Waals surface area (Å²) in [6, 6.07) is 13.2. The lowest BCUT2D eigenvalue weighted by molar-refractivity contribution is 0.0740. The van der Waals surface area contributed by atoms with Gasteiger partial charge in [-0.3, -0.25) is 9.59 Å². The number of sulfone groups is 1. The number of hydrogen-bond donors (Lipinski definition) is 1. The minimum absolute atomic E-state index is 0.0745. The number of carbonyl (C=O) groups excluding carboxylic acids is 2. The molecule has 15 heteroatoms. The maximum atomic E-state index is 13.8. The molecule has 2 aromatic carbocycles. The van der Waals surface area contributed by atoms with E-state index in [9.17, 15) is 26.4 Å². The van der Waals surface area contributed by atoms with Gasteiger partial charge in [0.05, 0.1) is 26.5 Å². The molecule has 0 atom stereocenters. The van der Waals surface area contributed by atoms with Crippen LogP contribution in [0.15, 0.2) is 47.8 Å². The number of ether oxygens (including phenoxy) is 2. The van der Waals surface area contributed by atoms with Crippen molar-refractivity contribution in [3.05, 3.63) is 75.2 Å². The van der Waals surface area contributed by atoms with Gasteiger partial charge in [0.15, 0.2) is 0 Å². The molecular formula is C28H36N4O8S3. The highest BCUT2D eigenvalue weighted by Crippen LogP contribution is 2.30. The molecule has 12 nitrogen and oxygen atoms in total. The van der Waals surface area contributed by atoms with E-state index >= 15 is 0 Å². The molecule has 0 aliphatic heterocycles. The molecule has 0 aliphatic rings. The van der Waals surface area contributed by atoms with E-state index in [-0.39, 0.29) is 24.7 Å². The minimum atomic E-state index is -4.30. The molecule has 1 N–H and O–H groups in total. The summed E-state index contributed by atoms with van der Waals surface area (Å²) in [5.41, 5.74) is 2.10. The topological polar surface area (TPSA) is 152 Å². The zero-order valence-corrected chi connectivity index (χ0v) is 27.1. The van der Waals surface area contributed by atoms with E-state index in [1.165, 1.54) is 26.6 Å². The Kier molecular flexibility index (Phi) is 11.7. The third-order valence-electron chi connectivity index (χ3n) is 6.54. The average molecular weight is 653 g/mol. The van der Waals surface area contributed by atoms with Gasteiger partial charge >= 0.3 is 10.2 Å². The van der Waals surface area contributed by atoms with Gasteiger partial charge in [-0.2, -0.15) is 12.7 Å². The van der Waals surface area contributed by atoms with Gasteiger partial charge in [0.1, 0.15) is 32.0 Å². The number of benzene rings is 2. The zero-order valence-electron chi connectivity index (χ0n) is 24.7. The van der Waals surface area contributed by atoms with Crippen LogP contribution >= 0.6 is 11.3 Å². The first-order valence-corrected chi connectivity index (χ1v) is 17.6. The molecule has 0 saturated carbocycles. The third kappa shape index (κ3) is 9.74. The quantitative estimate of drug-likeness (QED) is 0.261. The Morgan fingerprint density at radius 2 is 1.63 bits per heavy atom. The normalized spacial score (nSPS) is 11.8. The van der Waals surface area contributed by atoms with Crippen molar-refractivity contribution in [2.24, 2.45) is 0 Å². The number of aromatic nitrogens is 1. The lowest BCUT2D eigenvalue weighted by atomic mass is 10.1. The summed E-state index contributed by atoms with van der Waals surface area (Å²) in [6.45, 7) is 1.96. The summed E-state index contributed by atoms with van der Waals surface area (Å²) in [6.07, 6.45) is 2.39. The molecular weight excluding hydrogens is 617 g/mol. The molecule has 3 rings (SSSR count). The number of nitrogens with one attached hydrogen (secondary N) is 1. The van der Waals surface area contributed by atoms with Crippen molar-refractivity contribution >= 4 is 43.2 Å². The Bertz CT molecular complexity index is 1620. The summed E-state index contributed by atoms with van der Waals surface area (Å²) in [4.78, 5) is 32.4. The van der Waals surface area contributed by atoms with Crippen LogP contribution in [0.1, 0.15) is 43.4 Å². The Labute approximate surface area is 256 Å². The summed E-state index contributed by atoms with van der Waals surface area (Å²) < 4.78 is 61.4. The fourth-order valence-electron chi connectivity index (χ4n) is 4.08. The first-order valence-electron chi connectivity index (χ1n) is 13.2. The monoisotopic (exact) mass is 652 g/mol. The van der Waals surface area contributed by atoms with Crippen molar-refractivity contribution < 1.29 is 35.9 Å². The second kappa shape index (κ2) is 14.8. The Morgan fingerprint density at radius 3 is 2.21 bits per heavy atom. The largest absolute Gasteiger partial charge is 0.496 e. The SMILES string of the molecule is COc1cc(C(=O)N(CCCc2ccccc2)Cc2nc(C(=O)NS(=O)(=O)N(C)CCS(C)(=O)=O)cs2)cc(OC)c1C. The lowest BCUT2D eigenvalue weighted by Crippen LogP contribution is -2.43. The van der Waals surface area contributed by atoms with Gasteiger partial charge in [-0.1, -0.05) is 30.3 Å². The zero-order chi connectivity index (χ0) is 31.8. The number of amides is 2. The van der Waals surface area contributed by atoms with Crippen molar-refractivity contribution in [3.8, 4) is 11.5 Å². The second-order valence-electron chi connectivity index (χ2n) is 9.84. The molecule has 0 saturated heterocycles. The van der Waals surface area contributed by atoms with Gasteiger partial charge in [-0.05, 0) is 37.5 Å². The predicted octanol–water partition coefficient (Wildman–Crippen LogP) is 2.69. The van der Waals surface area contributed by atoms with Crippen molar-refractivity contribution in [1.82, 2.24) is 18.9 Å². The van der Waals surface area contributed by atoms with Gasteiger partial charge in [-0.15, -0.1) is 11.3 Å². The second-order valence-corrected chi connectivity index (χ2v) is 14.8. The average Bonchev–Trinajstić information content (AvgIpc) is 3.44. The third-order valence-corrected chi connectivity index (χ3v) is 9.75. The van der Waals surface area contributed by atoms with E-state index < -0.39 is 31.7 Å². The maximum Gasteiger partial charge on any atom is 0.303 e. The molecule has 0 unspecified atom stereocenters. The summed E-state index contributed by atoms with van der Waals surface area (Å²) in [5.74, 6) is -0.651. The molecule has 1 aromatic heterocycles. The predicted molar refractivity (Wildman–Crippen MR) is 165 cm³/mol. The van der Waals surface area contributed by atoms with Gasteiger partial charge < -0.3 is 14.4 Å². The van der Waals surface area contributed by atoms with Gasteiger partial charge in [0, 0.05) is 42.9 Å². The number of carbonyl (C=O) groups is 2. The van der Waals surface area contributed by atoms with Crippen LogP contribution in [0.4, 0.5) is 0 Å². The fourth-order valence-corrected chi connectivity index (χ4v) is 6.41. The minimum Gasteiger partial charge on any atom is -0.496 e. The lowest BCUT2D eigenvalue weighted by Gasteiger charge is -2.23. The van der Waals surface area contributed by atoms with E-state index in [0.717, 1.165) is 39.4 Å². The maximum absolute atomic E-state index is 13.8. The number of hydrogen-bond acceptors (Lipinski definition) is 10. The molecule has 1 heterocycles. The highest BCUT2D eigenvalue weighted by Gasteiger charge is 2.25. The van der Waals surface area contributed by atoms with E-state index in [2.05, 4.69) is 4.98 Å². The van der Waals surface area contributed by atoms with E-state index in [1.54, 1.807) is 17.0 Å². The Morgan fingerprint density at radius 1 is 1.00 bits per heavy atom. The van der Waals surface area contributed by atoms with Crippen molar-refractivity contribution in [3.63, 3.8) is 0 Å². The van der Waals surface area contributed by atoms with Crippen LogP contribution in [-0.2, 0) is 33.0 Å². The van der Waals surface area contributed by atoms with Crippen molar-refractivity contribution in [2.45, 2.75) is 26.3 Å². The van der Waals surface area contributed by atoms with Gasteiger partial charge in [0.2, 0.25) is 0 Å².